The van der Waals surface area contributed by atoms with Gasteiger partial charge in [0.25, 0.3) is 5.91 Å². The average molecular weight is 396 g/mol. The molecule has 1 amide bonds. The first-order valence-corrected chi connectivity index (χ1v) is 10.8. The minimum absolute atomic E-state index is 0.216. The number of rotatable bonds is 8. The van der Waals surface area contributed by atoms with Gasteiger partial charge in [0.1, 0.15) is 17.3 Å². The standard InChI is InChI=1S/C23H33N5O/c1-4-5-6-13-24-22-16-21(25-18(3)26-22)23(29)27-19-7-9-20(10-8-19)28-14-11-17(2)12-15-28/h7-10,16-17H,4-6,11-15H2,1-3H3,(H,27,29)(H,24,25,26). The number of benzene rings is 1. The topological polar surface area (TPSA) is 70.2 Å². The van der Waals surface area contributed by atoms with Gasteiger partial charge in [0.15, 0.2) is 0 Å². The van der Waals surface area contributed by atoms with Crippen molar-refractivity contribution in [3.05, 3.63) is 41.9 Å². The minimum atomic E-state index is -0.216. The van der Waals surface area contributed by atoms with Gasteiger partial charge in [-0.15, -0.1) is 0 Å². The highest BCUT2D eigenvalue weighted by molar-refractivity contribution is 6.03. The minimum Gasteiger partial charge on any atom is -0.372 e. The van der Waals surface area contributed by atoms with E-state index in [4.69, 9.17) is 0 Å². The van der Waals surface area contributed by atoms with Crippen molar-refractivity contribution in [3.8, 4) is 0 Å². The maximum atomic E-state index is 12.7. The van der Waals surface area contributed by atoms with Gasteiger partial charge in [-0.1, -0.05) is 26.7 Å². The highest BCUT2D eigenvalue weighted by Crippen LogP contribution is 2.24. The number of nitrogens with zero attached hydrogens (tertiary/aromatic N) is 3. The lowest BCUT2D eigenvalue weighted by molar-refractivity contribution is 0.102. The molecular formula is C23H33N5O. The van der Waals surface area contributed by atoms with Crippen molar-refractivity contribution in [1.82, 2.24) is 9.97 Å². The quantitative estimate of drug-likeness (QED) is 0.624. The molecule has 1 aliphatic rings. The van der Waals surface area contributed by atoms with Crippen molar-refractivity contribution in [2.45, 2.75) is 52.9 Å². The number of hydrogen-bond donors (Lipinski definition) is 2. The first kappa shape index (κ1) is 21.1. The summed E-state index contributed by atoms with van der Waals surface area (Å²) < 4.78 is 0. The average Bonchev–Trinajstić information content (AvgIpc) is 2.72. The summed E-state index contributed by atoms with van der Waals surface area (Å²) in [4.78, 5) is 23.8. The predicted octanol–water partition coefficient (Wildman–Crippen LogP) is 4.88. The van der Waals surface area contributed by atoms with Gasteiger partial charge in [-0.3, -0.25) is 4.79 Å². The van der Waals surface area contributed by atoms with E-state index in [-0.39, 0.29) is 5.91 Å². The van der Waals surface area contributed by atoms with E-state index >= 15 is 0 Å². The number of aryl methyl sites for hydroxylation is 1. The van der Waals surface area contributed by atoms with Crippen molar-refractivity contribution in [2.24, 2.45) is 5.92 Å². The molecule has 2 N–H and O–H groups in total. The zero-order chi connectivity index (χ0) is 20.6. The highest BCUT2D eigenvalue weighted by atomic mass is 16.1. The molecule has 1 fully saturated rings. The van der Waals surface area contributed by atoms with E-state index in [1.807, 2.05) is 19.1 Å². The molecule has 0 spiro atoms. The van der Waals surface area contributed by atoms with Crippen LogP contribution in [0.3, 0.4) is 0 Å². The molecule has 0 radical (unpaired) electrons. The zero-order valence-corrected chi connectivity index (χ0v) is 17.9. The molecular weight excluding hydrogens is 362 g/mol. The molecule has 6 nitrogen and oxygen atoms in total. The van der Waals surface area contributed by atoms with Crippen LogP contribution in [-0.2, 0) is 0 Å². The largest absolute Gasteiger partial charge is 0.372 e. The second kappa shape index (κ2) is 10.2. The van der Waals surface area contributed by atoms with Crippen molar-refractivity contribution in [2.75, 3.05) is 35.2 Å². The van der Waals surface area contributed by atoms with Crippen LogP contribution in [0.4, 0.5) is 17.2 Å². The normalized spacial score (nSPS) is 14.7. The molecule has 1 aromatic carbocycles. The monoisotopic (exact) mass is 395 g/mol. The molecule has 2 aromatic rings. The van der Waals surface area contributed by atoms with Gasteiger partial charge >= 0.3 is 0 Å². The number of unbranched alkanes of at least 4 members (excludes halogenated alkanes) is 2. The fourth-order valence-corrected chi connectivity index (χ4v) is 3.58. The number of carbonyl (C=O) groups is 1. The lowest BCUT2D eigenvalue weighted by Crippen LogP contribution is -2.32. The Labute approximate surface area is 174 Å². The molecule has 1 aliphatic heterocycles. The second-order valence-electron chi connectivity index (χ2n) is 7.99. The predicted molar refractivity (Wildman–Crippen MR) is 120 cm³/mol. The zero-order valence-electron chi connectivity index (χ0n) is 17.9. The summed E-state index contributed by atoms with van der Waals surface area (Å²) in [6, 6.07) is 9.80. The molecule has 3 rings (SSSR count). The summed E-state index contributed by atoms with van der Waals surface area (Å²) >= 11 is 0. The van der Waals surface area contributed by atoms with E-state index in [9.17, 15) is 4.79 Å². The number of nitrogens with one attached hydrogen (secondary N) is 2. The van der Waals surface area contributed by atoms with Gasteiger partial charge in [0, 0.05) is 37.1 Å². The smallest absolute Gasteiger partial charge is 0.274 e. The molecule has 6 heteroatoms. The van der Waals surface area contributed by atoms with Crippen LogP contribution in [0.1, 0.15) is 62.3 Å². The van der Waals surface area contributed by atoms with Gasteiger partial charge in [0.05, 0.1) is 0 Å². The molecule has 0 unspecified atom stereocenters. The van der Waals surface area contributed by atoms with Crippen LogP contribution in [0, 0.1) is 12.8 Å². The fourth-order valence-electron chi connectivity index (χ4n) is 3.58. The van der Waals surface area contributed by atoms with Crippen molar-refractivity contribution in [3.63, 3.8) is 0 Å². The SMILES string of the molecule is CCCCCNc1cc(C(=O)Nc2ccc(N3CCC(C)CC3)cc2)nc(C)n1. The highest BCUT2D eigenvalue weighted by Gasteiger charge is 2.16. The lowest BCUT2D eigenvalue weighted by Gasteiger charge is -2.32. The van der Waals surface area contributed by atoms with Gasteiger partial charge in [-0.2, -0.15) is 0 Å². The number of carbonyl (C=O) groups excluding carboxylic acids is 1. The molecule has 0 saturated carbocycles. The Kier molecular flexibility index (Phi) is 7.44. The Balaban J connectivity index is 1.60. The number of piperidine rings is 1. The van der Waals surface area contributed by atoms with Crippen LogP contribution < -0.4 is 15.5 Å². The van der Waals surface area contributed by atoms with Crippen molar-refractivity contribution < 1.29 is 4.79 Å². The molecule has 0 bridgehead atoms. The molecule has 0 aliphatic carbocycles. The third kappa shape index (κ3) is 6.17. The van der Waals surface area contributed by atoms with Crippen LogP contribution >= 0.6 is 0 Å². The van der Waals surface area contributed by atoms with Crippen LogP contribution in [-0.4, -0.2) is 35.5 Å². The van der Waals surface area contributed by atoms with E-state index in [2.05, 4.69) is 51.5 Å². The Hall–Kier alpha value is -2.63. The van der Waals surface area contributed by atoms with Gasteiger partial charge in [-0.25, -0.2) is 9.97 Å². The summed E-state index contributed by atoms with van der Waals surface area (Å²) in [5.41, 5.74) is 2.37. The first-order valence-electron chi connectivity index (χ1n) is 10.8. The van der Waals surface area contributed by atoms with Crippen LogP contribution in [0.25, 0.3) is 0 Å². The van der Waals surface area contributed by atoms with E-state index in [1.54, 1.807) is 6.07 Å². The summed E-state index contributed by atoms with van der Waals surface area (Å²) in [6.45, 7) is 9.35. The molecule has 29 heavy (non-hydrogen) atoms. The molecule has 156 valence electrons. The Morgan fingerprint density at radius 1 is 1.14 bits per heavy atom. The lowest BCUT2D eigenvalue weighted by atomic mass is 9.99. The van der Waals surface area contributed by atoms with E-state index in [0.29, 0.717) is 17.3 Å². The first-order chi connectivity index (χ1) is 14.0. The molecule has 1 saturated heterocycles. The number of anilines is 3. The number of amides is 1. The van der Waals surface area contributed by atoms with Gasteiger partial charge in [0.2, 0.25) is 0 Å². The number of aromatic nitrogens is 2. The Morgan fingerprint density at radius 2 is 1.86 bits per heavy atom. The summed E-state index contributed by atoms with van der Waals surface area (Å²) in [6.07, 6.45) is 5.91. The third-order valence-electron chi connectivity index (χ3n) is 5.43. The second-order valence-corrected chi connectivity index (χ2v) is 7.99. The van der Waals surface area contributed by atoms with Gasteiger partial charge < -0.3 is 15.5 Å². The maximum Gasteiger partial charge on any atom is 0.274 e. The maximum absolute atomic E-state index is 12.7. The van der Waals surface area contributed by atoms with Crippen LogP contribution in [0.5, 0.6) is 0 Å². The fraction of sp³-hybridized carbons (Fsp3) is 0.522. The van der Waals surface area contributed by atoms with Crippen LogP contribution in [0.15, 0.2) is 30.3 Å². The molecule has 2 heterocycles. The summed E-state index contributed by atoms with van der Waals surface area (Å²) in [5.74, 6) is 1.89. The van der Waals surface area contributed by atoms with Crippen molar-refractivity contribution in [1.29, 1.82) is 0 Å². The Morgan fingerprint density at radius 3 is 2.55 bits per heavy atom. The third-order valence-corrected chi connectivity index (χ3v) is 5.43. The van der Waals surface area contributed by atoms with E-state index in [0.717, 1.165) is 37.7 Å². The number of hydrogen-bond acceptors (Lipinski definition) is 5. The van der Waals surface area contributed by atoms with Gasteiger partial charge in [-0.05, 0) is 56.4 Å². The van der Waals surface area contributed by atoms with E-state index in [1.165, 1.54) is 31.4 Å². The van der Waals surface area contributed by atoms with Crippen LogP contribution in [0.2, 0.25) is 0 Å². The van der Waals surface area contributed by atoms with Crippen molar-refractivity contribution >= 4 is 23.1 Å². The van der Waals surface area contributed by atoms with E-state index < -0.39 is 0 Å². The molecule has 1 aromatic heterocycles. The summed E-state index contributed by atoms with van der Waals surface area (Å²) in [7, 11) is 0. The Bertz CT molecular complexity index is 797. The molecule has 0 atom stereocenters. The summed E-state index contributed by atoms with van der Waals surface area (Å²) in [5, 5.41) is 6.24.